The molecule has 176 valence electrons. The number of hydrogen-bond donors (Lipinski definition) is 0. The normalized spacial score (nSPS) is 20.5. The molecular formula is C28H35NO4. The summed E-state index contributed by atoms with van der Waals surface area (Å²) < 4.78 is 17.2. The van der Waals surface area contributed by atoms with E-state index >= 15 is 0 Å². The number of aromatic nitrogens is 1. The van der Waals surface area contributed by atoms with E-state index in [0.29, 0.717) is 25.5 Å². The third-order valence-corrected chi connectivity index (χ3v) is 5.79. The van der Waals surface area contributed by atoms with Crippen molar-refractivity contribution < 1.29 is 18.7 Å². The molecule has 0 bridgehead atoms. The van der Waals surface area contributed by atoms with Gasteiger partial charge in [0, 0.05) is 12.0 Å². The zero-order valence-corrected chi connectivity index (χ0v) is 20.0. The third-order valence-electron chi connectivity index (χ3n) is 5.79. The highest BCUT2D eigenvalue weighted by Crippen LogP contribution is 2.27. The summed E-state index contributed by atoms with van der Waals surface area (Å²) in [5, 5.41) is 0. The number of allylic oxidation sites excluding steroid dienone is 5. The van der Waals surface area contributed by atoms with Crippen LogP contribution < -0.4 is 0 Å². The Labute approximate surface area is 197 Å². The minimum absolute atomic E-state index is 0.0875. The van der Waals surface area contributed by atoms with Crippen LogP contribution in [0.15, 0.2) is 70.9 Å². The monoisotopic (exact) mass is 449 g/mol. The minimum Gasteiger partial charge on any atom is -0.493 e. The largest absolute Gasteiger partial charge is 0.493 e. The maximum atomic E-state index is 12.4. The molecule has 0 amide bonds. The lowest BCUT2D eigenvalue weighted by molar-refractivity contribution is -0.149. The van der Waals surface area contributed by atoms with E-state index in [9.17, 15) is 4.79 Å². The Morgan fingerprint density at radius 1 is 1.24 bits per heavy atom. The second-order valence-electron chi connectivity index (χ2n) is 8.23. The summed E-state index contributed by atoms with van der Waals surface area (Å²) >= 11 is 0. The summed E-state index contributed by atoms with van der Waals surface area (Å²) in [7, 11) is 0. The smallest absolute Gasteiger partial charge is 0.309 e. The van der Waals surface area contributed by atoms with Crippen molar-refractivity contribution in [1.29, 1.82) is 0 Å². The molecule has 0 saturated carbocycles. The van der Waals surface area contributed by atoms with Crippen LogP contribution in [-0.2, 0) is 20.7 Å². The van der Waals surface area contributed by atoms with E-state index in [1.165, 1.54) is 0 Å². The highest BCUT2D eigenvalue weighted by molar-refractivity contribution is 5.73. The molecule has 1 aromatic heterocycles. The van der Waals surface area contributed by atoms with Gasteiger partial charge in [0.25, 0.3) is 0 Å². The van der Waals surface area contributed by atoms with E-state index in [1.807, 2.05) is 62.4 Å². The van der Waals surface area contributed by atoms with Gasteiger partial charge in [-0.3, -0.25) is 4.79 Å². The Hall–Kier alpha value is -3.08. The summed E-state index contributed by atoms with van der Waals surface area (Å²) in [6, 6.07) is 9.91. The second-order valence-corrected chi connectivity index (χ2v) is 8.23. The van der Waals surface area contributed by atoms with Gasteiger partial charge in [0.2, 0.25) is 5.89 Å². The van der Waals surface area contributed by atoms with Gasteiger partial charge in [-0.25, -0.2) is 4.98 Å². The van der Waals surface area contributed by atoms with Crippen molar-refractivity contribution >= 4 is 5.97 Å². The fourth-order valence-electron chi connectivity index (χ4n) is 4.06. The lowest BCUT2D eigenvalue weighted by Gasteiger charge is -2.22. The molecule has 0 radical (unpaired) electrons. The van der Waals surface area contributed by atoms with Crippen molar-refractivity contribution in [2.75, 3.05) is 13.2 Å². The molecule has 5 nitrogen and oxygen atoms in total. The predicted octanol–water partition coefficient (Wildman–Crippen LogP) is 6.59. The molecule has 0 spiro atoms. The fraction of sp³-hybridized carbons (Fsp3) is 0.429. The van der Waals surface area contributed by atoms with Gasteiger partial charge < -0.3 is 13.9 Å². The van der Waals surface area contributed by atoms with Crippen LogP contribution in [0.5, 0.6) is 0 Å². The minimum atomic E-state index is -0.0931. The van der Waals surface area contributed by atoms with Crippen LogP contribution >= 0.6 is 0 Å². The summed E-state index contributed by atoms with van der Waals surface area (Å²) in [6.07, 6.45) is 14.5. The third kappa shape index (κ3) is 7.21. The van der Waals surface area contributed by atoms with Crippen LogP contribution in [0.2, 0.25) is 0 Å². The molecule has 0 N–H and O–H groups in total. The van der Waals surface area contributed by atoms with Crippen molar-refractivity contribution in [3.63, 3.8) is 0 Å². The Bertz CT molecular complexity index is 971. The molecule has 0 aliphatic heterocycles. The zero-order chi connectivity index (χ0) is 23.5. The quantitative estimate of drug-likeness (QED) is 0.383. The number of ether oxygens (including phenoxy) is 2. The molecular weight excluding hydrogens is 414 g/mol. The van der Waals surface area contributed by atoms with E-state index in [4.69, 9.17) is 13.9 Å². The van der Waals surface area contributed by atoms with E-state index < -0.39 is 0 Å². The zero-order valence-electron chi connectivity index (χ0n) is 20.0. The molecule has 5 heteroatoms. The molecule has 1 aliphatic rings. The van der Waals surface area contributed by atoms with E-state index in [2.05, 4.69) is 24.1 Å². The van der Waals surface area contributed by atoms with Crippen molar-refractivity contribution in [2.45, 2.75) is 52.9 Å². The van der Waals surface area contributed by atoms with Crippen molar-refractivity contribution in [2.24, 2.45) is 11.8 Å². The van der Waals surface area contributed by atoms with Crippen LogP contribution in [0.3, 0.4) is 0 Å². The lowest BCUT2D eigenvalue weighted by atomic mass is 9.85. The highest BCUT2D eigenvalue weighted by Gasteiger charge is 2.26. The molecule has 2 atom stereocenters. The number of carbonyl (C=O) groups is 1. The Kier molecular flexibility index (Phi) is 9.55. The average molecular weight is 450 g/mol. The maximum Gasteiger partial charge on any atom is 0.309 e. The van der Waals surface area contributed by atoms with Crippen LogP contribution in [0, 0.1) is 18.8 Å². The number of rotatable bonds is 10. The molecule has 0 saturated heterocycles. The number of benzene rings is 1. The SMILES string of the molecule is CCCC(C(=O)OCC)C1/C=C/C=C(OCCc2nc(-c3ccccc3)oc2C)\C=C\CC1. The molecule has 2 unspecified atom stereocenters. The van der Waals surface area contributed by atoms with E-state index in [1.54, 1.807) is 0 Å². The van der Waals surface area contributed by atoms with Crippen molar-refractivity contribution in [1.82, 2.24) is 4.98 Å². The fourth-order valence-corrected chi connectivity index (χ4v) is 4.06. The Morgan fingerprint density at radius 2 is 2.06 bits per heavy atom. The first-order chi connectivity index (χ1) is 16.1. The molecule has 33 heavy (non-hydrogen) atoms. The number of hydrogen-bond acceptors (Lipinski definition) is 5. The van der Waals surface area contributed by atoms with Gasteiger partial charge in [-0.2, -0.15) is 0 Å². The van der Waals surface area contributed by atoms with Crippen LogP contribution in [0.25, 0.3) is 11.5 Å². The highest BCUT2D eigenvalue weighted by atomic mass is 16.5. The first kappa shape index (κ1) is 24.6. The average Bonchev–Trinajstić information content (AvgIpc) is 3.24. The first-order valence-corrected chi connectivity index (χ1v) is 12.0. The summed E-state index contributed by atoms with van der Waals surface area (Å²) in [6.45, 7) is 6.84. The Balaban J connectivity index is 1.60. The number of aryl methyl sites for hydroxylation is 1. The predicted molar refractivity (Wildman–Crippen MR) is 130 cm³/mol. The summed E-state index contributed by atoms with van der Waals surface area (Å²) in [4.78, 5) is 17.1. The maximum absolute atomic E-state index is 12.4. The number of esters is 1. The van der Waals surface area contributed by atoms with E-state index in [-0.39, 0.29) is 17.8 Å². The van der Waals surface area contributed by atoms with Gasteiger partial charge in [-0.05, 0) is 63.3 Å². The molecule has 0 fully saturated rings. The second kappa shape index (κ2) is 12.8. The number of nitrogens with zero attached hydrogens (tertiary/aromatic N) is 1. The number of oxazole rings is 1. The van der Waals surface area contributed by atoms with Gasteiger partial charge in [-0.15, -0.1) is 0 Å². The van der Waals surface area contributed by atoms with Crippen LogP contribution in [0.4, 0.5) is 0 Å². The molecule has 3 rings (SSSR count). The molecule has 1 heterocycles. The van der Waals surface area contributed by atoms with Crippen LogP contribution in [0.1, 0.15) is 51.0 Å². The van der Waals surface area contributed by atoms with Gasteiger partial charge in [0.05, 0.1) is 24.8 Å². The molecule has 2 aromatic rings. The topological polar surface area (TPSA) is 61.6 Å². The summed E-state index contributed by atoms with van der Waals surface area (Å²) in [5.41, 5.74) is 1.88. The van der Waals surface area contributed by atoms with Crippen molar-refractivity contribution in [3.05, 3.63) is 77.9 Å². The van der Waals surface area contributed by atoms with Gasteiger partial charge in [0.15, 0.2) is 0 Å². The Morgan fingerprint density at radius 3 is 2.82 bits per heavy atom. The number of carbonyl (C=O) groups excluding carboxylic acids is 1. The van der Waals surface area contributed by atoms with Gasteiger partial charge in [0.1, 0.15) is 11.5 Å². The van der Waals surface area contributed by atoms with Crippen molar-refractivity contribution in [3.8, 4) is 11.5 Å². The molecule has 1 aliphatic carbocycles. The summed E-state index contributed by atoms with van der Waals surface area (Å²) in [5.74, 6) is 2.25. The lowest BCUT2D eigenvalue weighted by Crippen LogP contribution is -2.25. The standard InChI is InChI=1S/C28H35NO4/c1-4-12-25(28(30)31-5-2)22-13-9-10-17-24(18-11-16-22)32-20-19-26-21(3)33-27(29-26)23-14-7-6-8-15-23/h6-8,10-11,14-18,22,25H,4-5,9,12-13,19-20H2,1-3H3/b16-11+,17-10+,24-18+. The van der Waals surface area contributed by atoms with Gasteiger partial charge >= 0.3 is 5.97 Å². The van der Waals surface area contributed by atoms with E-state index in [0.717, 1.165) is 48.5 Å². The molecule has 1 aromatic carbocycles. The first-order valence-electron chi connectivity index (χ1n) is 12.0. The van der Waals surface area contributed by atoms with Crippen LogP contribution in [-0.4, -0.2) is 24.2 Å². The van der Waals surface area contributed by atoms with Gasteiger partial charge in [-0.1, -0.05) is 49.8 Å².